The van der Waals surface area contributed by atoms with Gasteiger partial charge in [0.2, 0.25) is 5.91 Å². The van der Waals surface area contributed by atoms with Gasteiger partial charge in [-0.05, 0) is 48.9 Å². The number of amides is 1. The number of ether oxygens (including phenoxy) is 1. The topological polar surface area (TPSA) is 67.8 Å². The van der Waals surface area contributed by atoms with E-state index in [-0.39, 0.29) is 5.91 Å². The smallest absolute Gasteiger partial charge is 0.343 e. The summed E-state index contributed by atoms with van der Waals surface area (Å²) in [6, 6.07) is 11.7. The number of carbonyl (C=O) groups excluding carboxylic acids is 2. The van der Waals surface area contributed by atoms with Crippen LogP contribution in [0.3, 0.4) is 0 Å². The first-order valence-corrected chi connectivity index (χ1v) is 13.8. The Labute approximate surface area is 222 Å². The molecule has 0 bridgehead atoms. The molecule has 190 valence electrons. The summed E-state index contributed by atoms with van der Waals surface area (Å²) in [5, 5.41) is 4.59. The van der Waals surface area contributed by atoms with Crippen molar-refractivity contribution in [3.8, 4) is 5.75 Å². The lowest BCUT2D eigenvalue weighted by molar-refractivity contribution is -0.121. The predicted octanol–water partition coefficient (Wildman–Crippen LogP) is 8.47. The molecule has 0 heterocycles. The largest absolute Gasteiger partial charge is 0.422 e. The summed E-state index contributed by atoms with van der Waals surface area (Å²) in [7, 11) is 0. The first-order valence-electron chi connectivity index (χ1n) is 12.6. The number of hydrazone groups is 1. The number of hydrogen-bond donors (Lipinski definition) is 1. The molecule has 0 saturated carbocycles. The fraction of sp³-hybridized carbons (Fsp3) is 0.464. The highest BCUT2D eigenvalue weighted by molar-refractivity contribution is 9.10. The Bertz CT molecular complexity index is 948. The van der Waals surface area contributed by atoms with Crippen LogP contribution in [0.4, 0.5) is 0 Å². The van der Waals surface area contributed by atoms with Crippen LogP contribution >= 0.6 is 27.5 Å². The van der Waals surface area contributed by atoms with Crippen molar-refractivity contribution in [3.63, 3.8) is 0 Å². The van der Waals surface area contributed by atoms with Gasteiger partial charge in [0, 0.05) is 21.5 Å². The number of carbonyl (C=O) groups is 2. The van der Waals surface area contributed by atoms with E-state index in [9.17, 15) is 9.59 Å². The van der Waals surface area contributed by atoms with Crippen LogP contribution < -0.4 is 10.2 Å². The van der Waals surface area contributed by atoms with Gasteiger partial charge in [0.1, 0.15) is 5.75 Å². The van der Waals surface area contributed by atoms with Crippen molar-refractivity contribution in [2.45, 2.75) is 84.0 Å². The third-order valence-corrected chi connectivity index (χ3v) is 6.40. The van der Waals surface area contributed by atoms with E-state index in [2.05, 4.69) is 33.4 Å². The van der Waals surface area contributed by atoms with Gasteiger partial charge < -0.3 is 4.74 Å². The third kappa shape index (κ3) is 12.4. The van der Waals surface area contributed by atoms with Crippen molar-refractivity contribution in [3.05, 3.63) is 63.1 Å². The molecule has 1 amide bonds. The number of halogens is 2. The fourth-order valence-electron chi connectivity index (χ4n) is 3.64. The number of benzene rings is 2. The molecule has 0 atom stereocenters. The molecular weight excluding hydrogens is 528 g/mol. The molecule has 0 spiro atoms. The second-order valence-electron chi connectivity index (χ2n) is 8.66. The maximum atomic E-state index is 12.4. The van der Waals surface area contributed by atoms with E-state index in [0.29, 0.717) is 28.3 Å². The van der Waals surface area contributed by atoms with Crippen molar-refractivity contribution in [2.75, 3.05) is 0 Å². The summed E-state index contributed by atoms with van der Waals surface area (Å²) in [6.07, 6.45) is 15.6. The lowest BCUT2D eigenvalue weighted by Gasteiger charge is -2.08. The summed E-state index contributed by atoms with van der Waals surface area (Å²) >= 11 is 9.29. The van der Waals surface area contributed by atoms with Gasteiger partial charge in [0.15, 0.2) is 0 Å². The van der Waals surface area contributed by atoms with E-state index in [1.54, 1.807) is 42.5 Å². The van der Waals surface area contributed by atoms with Crippen LogP contribution in [0, 0.1) is 0 Å². The standard InChI is InChI=1S/C28H36BrClN2O3/c1-2-3-4-5-6-7-8-9-10-11-12-13-27(33)32-31-21-23-20-24(29)16-19-26(23)35-28(34)22-14-17-25(30)18-15-22/h14-21H,2-13H2,1H3,(H,32,33)/b31-21-. The van der Waals surface area contributed by atoms with E-state index < -0.39 is 5.97 Å². The molecule has 0 saturated heterocycles. The van der Waals surface area contributed by atoms with E-state index in [0.717, 1.165) is 17.3 Å². The highest BCUT2D eigenvalue weighted by Gasteiger charge is 2.12. The molecule has 2 aromatic rings. The van der Waals surface area contributed by atoms with Crippen LogP contribution in [0.1, 0.15) is 99.9 Å². The molecule has 0 aliphatic rings. The average Bonchev–Trinajstić information content (AvgIpc) is 2.84. The van der Waals surface area contributed by atoms with Crippen molar-refractivity contribution in [2.24, 2.45) is 5.10 Å². The summed E-state index contributed by atoms with van der Waals surface area (Å²) in [5.74, 6) is -0.275. The Morgan fingerprint density at radius 3 is 2.14 bits per heavy atom. The third-order valence-electron chi connectivity index (χ3n) is 5.65. The van der Waals surface area contributed by atoms with E-state index in [4.69, 9.17) is 16.3 Å². The SMILES string of the molecule is CCCCCCCCCCCCCC(=O)N/N=C\c1cc(Br)ccc1OC(=O)c1ccc(Cl)cc1. The molecule has 7 heteroatoms. The van der Waals surface area contributed by atoms with Crippen LogP contribution in [0.2, 0.25) is 5.02 Å². The molecular formula is C28H36BrClN2O3. The number of hydrogen-bond acceptors (Lipinski definition) is 4. The highest BCUT2D eigenvalue weighted by Crippen LogP contribution is 2.23. The highest BCUT2D eigenvalue weighted by atomic mass is 79.9. The van der Waals surface area contributed by atoms with Gasteiger partial charge in [-0.2, -0.15) is 5.10 Å². The van der Waals surface area contributed by atoms with Gasteiger partial charge in [-0.3, -0.25) is 4.79 Å². The summed E-state index contributed by atoms with van der Waals surface area (Å²) in [6.45, 7) is 2.24. The van der Waals surface area contributed by atoms with Gasteiger partial charge in [-0.15, -0.1) is 0 Å². The normalized spacial score (nSPS) is 11.1. The Morgan fingerprint density at radius 1 is 0.914 bits per heavy atom. The maximum Gasteiger partial charge on any atom is 0.343 e. The van der Waals surface area contributed by atoms with Crippen LogP contribution in [0.25, 0.3) is 0 Å². The van der Waals surface area contributed by atoms with Crippen molar-refractivity contribution < 1.29 is 14.3 Å². The van der Waals surface area contributed by atoms with E-state index >= 15 is 0 Å². The summed E-state index contributed by atoms with van der Waals surface area (Å²) in [5.41, 5.74) is 3.52. The van der Waals surface area contributed by atoms with Gasteiger partial charge in [-0.1, -0.05) is 98.7 Å². The molecule has 0 radical (unpaired) electrons. The monoisotopic (exact) mass is 562 g/mol. The van der Waals surface area contributed by atoms with Crippen molar-refractivity contribution in [1.82, 2.24) is 5.43 Å². The number of esters is 1. The zero-order chi connectivity index (χ0) is 25.3. The van der Waals surface area contributed by atoms with Crippen molar-refractivity contribution >= 4 is 45.6 Å². The quantitative estimate of drug-likeness (QED) is 0.0732. The van der Waals surface area contributed by atoms with Crippen LogP contribution in [0.15, 0.2) is 52.0 Å². The fourth-order valence-corrected chi connectivity index (χ4v) is 4.14. The zero-order valence-corrected chi connectivity index (χ0v) is 22.9. The number of nitrogens with zero attached hydrogens (tertiary/aromatic N) is 1. The molecule has 0 aliphatic heterocycles. The second kappa shape index (κ2) is 17.3. The Balaban J connectivity index is 1.69. The first kappa shape index (κ1) is 29.1. The molecule has 0 aromatic heterocycles. The average molecular weight is 564 g/mol. The lowest BCUT2D eigenvalue weighted by Crippen LogP contribution is -2.17. The molecule has 0 aliphatic carbocycles. The Kier molecular flexibility index (Phi) is 14.3. The van der Waals surface area contributed by atoms with Gasteiger partial charge in [0.25, 0.3) is 0 Å². The maximum absolute atomic E-state index is 12.4. The molecule has 0 fully saturated rings. The number of unbranched alkanes of at least 4 members (excludes halogenated alkanes) is 10. The van der Waals surface area contributed by atoms with E-state index in [1.165, 1.54) is 64.0 Å². The predicted molar refractivity (Wildman–Crippen MR) is 147 cm³/mol. The molecule has 0 unspecified atom stereocenters. The van der Waals surface area contributed by atoms with Crippen molar-refractivity contribution in [1.29, 1.82) is 0 Å². The van der Waals surface area contributed by atoms with Gasteiger partial charge >= 0.3 is 5.97 Å². The van der Waals surface area contributed by atoms with Gasteiger partial charge in [0.05, 0.1) is 11.8 Å². The Morgan fingerprint density at radius 2 is 1.51 bits per heavy atom. The minimum Gasteiger partial charge on any atom is -0.422 e. The van der Waals surface area contributed by atoms with Crippen LogP contribution in [0.5, 0.6) is 5.75 Å². The molecule has 1 N–H and O–H groups in total. The molecule has 2 rings (SSSR count). The summed E-state index contributed by atoms with van der Waals surface area (Å²) < 4.78 is 6.32. The minimum absolute atomic E-state index is 0.119. The van der Waals surface area contributed by atoms with Gasteiger partial charge in [-0.25, -0.2) is 10.2 Å². The number of rotatable bonds is 16. The van der Waals surface area contributed by atoms with Crippen LogP contribution in [-0.2, 0) is 4.79 Å². The minimum atomic E-state index is -0.501. The number of nitrogens with one attached hydrogen (secondary N) is 1. The summed E-state index contributed by atoms with van der Waals surface area (Å²) in [4.78, 5) is 24.5. The lowest BCUT2D eigenvalue weighted by atomic mass is 10.1. The zero-order valence-electron chi connectivity index (χ0n) is 20.5. The Hall–Kier alpha value is -2.18. The van der Waals surface area contributed by atoms with Crippen LogP contribution in [-0.4, -0.2) is 18.1 Å². The first-order chi connectivity index (χ1) is 17.0. The molecule has 35 heavy (non-hydrogen) atoms. The molecule has 2 aromatic carbocycles. The molecule has 5 nitrogen and oxygen atoms in total. The second-order valence-corrected chi connectivity index (χ2v) is 10.0. The van der Waals surface area contributed by atoms with E-state index in [1.807, 2.05) is 0 Å².